The van der Waals surface area contributed by atoms with Gasteiger partial charge < -0.3 is 9.42 Å². The molecule has 0 spiro atoms. The zero-order chi connectivity index (χ0) is 16.4. The molecule has 0 aromatic carbocycles. The Morgan fingerprint density at radius 1 is 1.38 bits per heavy atom. The van der Waals surface area contributed by atoms with Gasteiger partial charge in [0.05, 0.1) is 6.04 Å². The second-order valence-corrected chi connectivity index (χ2v) is 7.54. The predicted molar refractivity (Wildman–Crippen MR) is 93.9 cm³/mol. The van der Waals surface area contributed by atoms with E-state index in [0.717, 1.165) is 24.9 Å². The van der Waals surface area contributed by atoms with Crippen LogP contribution in [0, 0.1) is 0 Å². The molecule has 0 N–H and O–H groups in total. The molecule has 24 heavy (non-hydrogen) atoms. The minimum absolute atomic E-state index is 0.168. The molecule has 0 radical (unpaired) electrons. The molecule has 0 bridgehead atoms. The molecule has 4 heterocycles. The smallest absolute Gasteiger partial charge is 0.227 e. The number of thiophene rings is 2. The van der Waals surface area contributed by atoms with E-state index < -0.39 is 0 Å². The van der Waals surface area contributed by atoms with Crippen LogP contribution in [-0.2, 0) is 11.2 Å². The first-order valence-electron chi connectivity index (χ1n) is 7.99. The summed E-state index contributed by atoms with van der Waals surface area (Å²) in [5.41, 5.74) is 0.957. The molecular formula is C17H17N3O2S2. The standard InChI is InChI=1S/C17H17N3O2S2/c21-16(20-8-1-3-13(20)14-4-2-9-24-14)6-5-15-18-17(19-22-15)12-7-10-23-11-12/h2,4,7,9-11,13H,1,3,5-6,8H2. The third-order valence-electron chi connectivity index (χ3n) is 4.24. The van der Waals surface area contributed by atoms with Gasteiger partial charge in [0.15, 0.2) is 0 Å². The molecule has 0 saturated carbocycles. The van der Waals surface area contributed by atoms with Crippen molar-refractivity contribution < 1.29 is 9.32 Å². The SMILES string of the molecule is O=C(CCc1nc(-c2ccsc2)no1)N1CCCC1c1cccs1. The Bertz CT molecular complexity index is 796. The van der Waals surface area contributed by atoms with E-state index in [9.17, 15) is 4.79 Å². The van der Waals surface area contributed by atoms with Crippen molar-refractivity contribution >= 4 is 28.6 Å². The van der Waals surface area contributed by atoms with Crippen molar-refractivity contribution in [3.05, 3.63) is 45.1 Å². The van der Waals surface area contributed by atoms with Gasteiger partial charge in [-0.1, -0.05) is 11.2 Å². The van der Waals surface area contributed by atoms with Crippen molar-refractivity contribution in [1.82, 2.24) is 15.0 Å². The van der Waals surface area contributed by atoms with Crippen molar-refractivity contribution in [2.45, 2.75) is 31.7 Å². The van der Waals surface area contributed by atoms with Crippen LogP contribution in [0.1, 0.15) is 36.1 Å². The molecule has 1 aliphatic heterocycles. The molecule has 1 aliphatic rings. The van der Waals surface area contributed by atoms with Gasteiger partial charge in [-0.2, -0.15) is 16.3 Å². The number of aromatic nitrogens is 2. The summed E-state index contributed by atoms with van der Waals surface area (Å²) >= 11 is 3.32. The molecule has 1 atom stereocenters. The first kappa shape index (κ1) is 15.5. The summed E-state index contributed by atoms with van der Waals surface area (Å²) in [5.74, 6) is 1.29. The van der Waals surface area contributed by atoms with Crippen molar-refractivity contribution in [2.75, 3.05) is 6.54 Å². The molecule has 1 fully saturated rings. The second kappa shape index (κ2) is 6.86. The molecule has 5 nitrogen and oxygen atoms in total. The van der Waals surface area contributed by atoms with E-state index in [1.165, 1.54) is 4.88 Å². The maximum Gasteiger partial charge on any atom is 0.227 e. The van der Waals surface area contributed by atoms with E-state index in [-0.39, 0.29) is 11.9 Å². The number of aryl methyl sites for hydroxylation is 1. The van der Waals surface area contributed by atoms with Crippen LogP contribution in [0.2, 0.25) is 0 Å². The topological polar surface area (TPSA) is 59.2 Å². The summed E-state index contributed by atoms with van der Waals surface area (Å²) in [6.45, 7) is 0.839. The van der Waals surface area contributed by atoms with Crippen molar-refractivity contribution in [2.24, 2.45) is 0 Å². The third-order valence-corrected chi connectivity index (χ3v) is 5.90. The average Bonchev–Trinajstić information content (AvgIpc) is 3.40. The second-order valence-electron chi connectivity index (χ2n) is 5.78. The lowest BCUT2D eigenvalue weighted by Crippen LogP contribution is -2.30. The van der Waals surface area contributed by atoms with Gasteiger partial charge in [0.2, 0.25) is 17.6 Å². The van der Waals surface area contributed by atoms with Crippen LogP contribution < -0.4 is 0 Å². The molecule has 3 aromatic heterocycles. The molecule has 0 aliphatic carbocycles. The number of carbonyl (C=O) groups excluding carboxylic acids is 1. The van der Waals surface area contributed by atoms with Gasteiger partial charge in [0.25, 0.3) is 0 Å². The van der Waals surface area contributed by atoms with Gasteiger partial charge in [0, 0.05) is 35.2 Å². The fourth-order valence-corrected chi connectivity index (χ4v) is 4.57. The molecular weight excluding hydrogens is 342 g/mol. The lowest BCUT2D eigenvalue weighted by molar-refractivity contribution is -0.132. The first-order chi connectivity index (χ1) is 11.8. The highest BCUT2D eigenvalue weighted by Gasteiger charge is 2.30. The summed E-state index contributed by atoms with van der Waals surface area (Å²) in [6, 6.07) is 6.36. The van der Waals surface area contributed by atoms with Gasteiger partial charge in [-0.25, -0.2) is 0 Å². The van der Waals surface area contributed by atoms with E-state index in [1.54, 1.807) is 22.7 Å². The fraction of sp³-hybridized carbons (Fsp3) is 0.353. The Hall–Kier alpha value is -1.99. The van der Waals surface area contributed by atoms with E-state index in [0.29, 0.717) is 24.6 Å². The van der Waals surface area contributed by atoms with Crippen molar-refractivity contribution in [1.29, 1.82) is 0 Å². The molecule has 7 heteroatoms. The highest BCUT2D eigenvalue weighted by molar-refractivity contribution is 7.10. The molecule has 4 rings (SSSR count). The Balaban J connectivity index is 1.38. The van der Waals surface area contributed by atoms with Crippen LogP contribution in [0.3, 0.4) is 0 Å². The Morgan fingerprint density at radius 3 is 3.12 bits per heavy atom. The van der Waals surface area contributed by atoms with Gasteiger partial charge in [-0.3, -0.25) is 4.79 Å². The highest BCUT2D eigenvalue weighted by atomic mass is 32.1. The van der Waals surface area contributed by atoms with Gasteiger partial charge in [0.1, 0.15) is 0 Å². The highest BCUT2D eigenvalue weighted by Crippen LogP contribution is 2.34. The number of hydrogen-bond acceptors (Lipinski definition) is 6. The quantitative estimate of drug-likeness (QED) is 0.686. The van der Waals surface area contributed by atoms with Gasteiger partial charge >= 0.3 is 0 Å². The van der Waals surface area contributed by atoms with Crippen LogP contribution in [0.25, 0.3) is 11.4 Å². The molecule has 1 saturated heterocycles. The normalized spacial score (nSPS) is 17.5. The Labute approximate surface area is 147 Å². The van der Waals surface area contributed by atoms with Crippen LogP contribution in [0.5, 0.6) is 0 Å². The number of amides is 1. The number of likely N-dealkylation sites (tertiary alicyclic amines) is 1. The third kappa shape index (κ3) is 3.14. The zero-order valence-corrected chi connectivity index (χ0v) is 14.7. The Kier molecular flexibility index (Phi) is 4.44. The molecule has 1 amide bonds. The Morgan fingerprint density at radius 2 is 2.33 bits per heavy atom. The summed E-state index contributed by atoms with van der Waals surface area (Å²) in [7, 11) is 0. The average molecular weight is 359 g/mol. The molecule has 3 aromatic rings. The fourth-order valence-electron chi connectivity index (χ4n) is 3.06. The maximum atomic E-state index is 12.6. The van der Waals surface area contributed by atoms with Gasteiger partial charge in [-0.05, 0) is 35.7 Å². The van der Waals surface area contributed by atoms with Crippen LogP contribution in [-0.4, -0.2) is 27.5 Å². The van der Waals surface area contributed by atoms with Crippen LogP contribution in [0.4, 0.5) is 0 Å². The maximum absolute atomic E-state index is 12.6. The lowest BCUT2D eigenvalue weighted by Gasteiger charge is -2.23. The summed E-state index contributed by atoms with van der Waals surface area (Å²) < 4.78 is 5.28. The van der Waals surface area contributed by atoms with E-state index >= 15 is 0 Å². The van der Waals surface area contributed by atoms with Crippen LogP contribution >= 0.6 is 22.7 Å². The zero-order valence-electron chi connectivity index (χ0n) is 13.1. The largest absolute Gasteiger partial charge is 0.339 e. The molecule has 124 valence electrons. The predicted octanol–water partition coefficient (Wildman–Crippen LogP) is 4.16. The minimum Gasteiger partial charge on any atom is -0.339 e. The van der Waals surface area contributed by atoms with Crippen molar-refractivity contribution in [3.8, 4) is 11.4 Å². The number of rotatable bonds is 5. The summed E-state index contributed by atoms with van der Waals surface area (Å²) in [4.78, 5) is 20.3. The van der Waals surface area contributed by atoms with E-state index in [1.807, 2.05) is 27.8 Å². The number of nitrogens with zero attached hydrogens (tertiary/aromatic N) is 3. The molecule has 1 unspecified atom stereocenters. The van der Waals surface area contributed by atoms with E-state index in [4.69, 9.17) is 4.52 Å². The number of carbonyl (C=O) groups is 1. The van der Waals surface area contributed by atoms with E-state index in [2.05, 4.69) is 21.6 Å². The summed E-state index contributed by atoms with van der Waals surface area (Å²) in [6.07, 6.45) is 3.02. The number of hydrogen-bond donors (Lipinski definition) is 0. The van der Waals surface area contributed by atoms with Gasteiger partial charge in [-0.15, -0.1) is 11.3 Å². The van der Waals surface area contributed by atoms with Crippen LogP contribution in [0.15, 0.2) is 38.9 Å². The van der Waals surface area contributed by atoms with Crippen molar-refractivity contribution in [3.63, 3.8) is 0 Å². The summed E-state index contributed by atoms with van der Waals surface area (Å²) in [5, 5.41) is 10.0. The lowest BCUT2D eigenvalue weighted by atomic mass is 10.1. The minimum atomic E-state index is 0.168. The first-order valence-corrected chi connectivity index (χ1v) is 9.81. The monoisotopic (exact) mass is 359 g/mol.